The van der Waals surface area contributed by atoms with E-state index in [9.17, 15) is 10.2 Å². The fourth-order valence-electron chi connectivity index (χ4n) is 2.11. The van der Waals surface area contributed by atoms with E-state index >= 15 is 0 Å². The first-order chi connectivity index (χ1) is 5.58. The van der Waals surface area contributed by atoms with Crippen molar-refractivity contribution in [2.45, 2.75) is 57.7 Å². The van der Waals surface area contributed by atoms with E-state index in [1.165, 1.54) is 0 Å². The normalized spacial score (nSPS) is 43.0. The van der Waals surface area contributed by atoms with Crippen molar-refractivity contribution < 1.29 is 10.2 Å². The highest BCUT2D eigenvalue weighted by atomic mass is 16.3. The van der Waals surface area contributed by atoms with E-state index in [-0.39, 0.29) is 0 Å². The lowest BCUT2D eigenvalue weighted by atomic mass is 9.75. The SMILES string of the molecule is CCCC1(O)CCC(C)C[C@@H]1O. The topological polar surface area (TPSA) is 40.5 Å². The lowest BCUT2D eigenvalue weighted by Gasteiger charge is -2.39. The number of hydrogen-bond donors (Lipinski definition) is 2. The maximum Gasteiger partial charge on any atom is 0.0905 e. The van der Waals surface area contributed by atoms with Gasteiger partial charge in [0.25, 0.3) is 0 Å². The van der Waals surface area contributed by atoms with Crippen molar-refractivity contribution in [3.63, 3.8) is 0 Å². The summed E-state index contributed by atoms with van der Waals surface area (Å²) in [5, 5.41) is 19.7. The summed E-state index contributed by atoms with van der Waals surface area (Å²) >= 11 is 0. The van der Waals surface area contributed by atoms with Crippen LogP contribution < -0.4 is 0 Å². The minimum atomic E-state index is -0.777. The molecule has 0 spiro atoms. The van der Waals surface area contributed by atoms with Crippen LogP contribution in [0.5, 0.6) is 0 Å². The molecule has 3 atom stereocenters. The van der Waals surface area contributed by atoms with Gasteiger partial charge in [-0.15, -0.1) is 0 Å². The Kier molecular flexibility index (Phi) is 3.13. The van der Waals surface area contributed by atoms with Gasteiger partial charge in [-0.25, -0.2) is 0 Å². The van der Waals surface area contributed by atoms with Crippen LogP contribution in [0.3, 0.4) is 0 Å². The molecule has 1 aliphatic rings. The zero-order valence-corrected chi connectivity index (χ0v) is 8.08. The van der Waals surface area contributed by atoms with Gasteiger partial charge >= 0.3 is 0 Å². The number of aliphatic hydroxyl groups is 2. The molecule has 0 aromatic carbocycles. The number of aliphatic hydroxyl groups excluding tert-OH is 1. The summed E-state index contributed by atoms with van der Waals surface area (Å²) in [6.07, 6.45) is 3.76. The van der Waals surface area contributed by atoms with Gasteiger partial charge in [-0.1, -0.05) is 20.3 Å². The van der Waals surface area contributed by atoms with Gasteiger partial charge in [0.2, 0.25) is 0 Å². The molecule has 0 radical (unpaired) electrons. The summed E-state index contributed by atoms with van der Waals surface area (Å²) in [4.78, 5) is 0. The first-order valence-electron chi connectivity index (χ1n) is 4.99. The van der Waals surface area contributed by atoms with Gasteiger partial charge in [0.05, 0.1) is 11.7 Å². The van der Waals surface area contributed by atoms with Gasteiger partial charge in [0.15, 0.2) is 0 Å². The van der Waals surface area contributed by atoms with Crippen LogP contribution in [-0.4, -0.2) is 21.9 Å². The third kappa shape index (κ3) is 1.99. The third-order valence-electron chi connectivity index (χ3n) is 3.00. The minimum absolute atomic E-state index is 0.499. The van der Waals surface area contributed by atoms with Crippen molar-refractivity contribution in [1.29, 1.82) is 0 Å². The van der Waals surface area contributed by atoms with E-state index < -0.39 is 11.7 Å². The Morgan fingerprint density at radius 3 is 2.67 bits per heavy atom. The first kappa shape index (κ1) is 10.0. The van der Waals surface area contributed by atoms with Gasteiger partial charge in [-0.3, -0.25) is 0 Å². The summed E-state index contributed by atoms with van der Waals surface area (Å²) in [5.74, 6) is 0.567. The monoisotopic (exact) mass is 172 g/mol. The molecule has 1 saturated carbocycles. The molecule has 72 valence electrons. The molecular weight excluding hydrogens is 152 g/mol. The predicted molar refractivity (Wildman–Crippen MR) is 48.9 cm³/mol. The Morgan fingerprint density at radius 2 is 2.17 bits per heavy atom. The smallest absolute Gasteiger partial charge is 0.0905 e. The van der Waals surface area contributed by atoms with Crippen molar-refractivity contribution in [3.05, 3.63) is 0 Å². The summed E-state index contributed by atoms with van der Waals surface area (Å²) in [5.41, 5.74) is -0.777. The highest BCUT2D eigenvalue weighted by Crippen LogP contribution is 2.34. The van der Waals surface area contributed by atoms with E-state index in [1.807, 2.05) is 6.92 Å². The molecule has 12 heavy (non-hydrogen) atoms. The predicted octanol–water partition coefficient (Wildman–Crippen LogP) is 1.70. The molecule has 0 bridgehead atoms. The summed E-state index contributed by atoms with van der Waals surface area (Å²) < 4.78 is 0. The lowest BCUT2D eigenvalue weighted by molar-refractivity contribution is -0.114. The van der Waals surface area contributed by atoms with Crippen LogP contribution in [0.15, 0.2) is 0 Å². The van der Waals surface area contributed by atoms with Gasteiger partial charge in [0, 0.05) is 0 Å². The second-order valence-corrected chi connectivity index (χ2v) is 4.25. The zero-order chi connectivity index (χ0) is 9.19. The molecule has 2 N–H and O–H groups in total. The largest absolute Gasteiger partial charge is 0.390 e. The average molecular weight is 172 g/mol. The summed E-state index contributed by atoms with van der Waals surface area (Å²) in [6, 6.07) is 0. The minimum Gasteiger partial charge on any atom is -0.390 e. The third-order valence-corrected chi connectivity index (χ3v) is 3.00. The Balaban J connectivity index is 2.53. The molecule has 0 aliphatic heterocycles. The van der Waals surface area contributed by atoms with Crippen molar-refractivity contribution in [2.24, 2.45) is 5.92 Å². The highest BCUT2D eigenvalue weighted by molar-refractivity contribution is 4.91. The molecule has 2 unspecified atom stereocenters. The van der Waals surface area contributed by atoms with Crippen LogP contribution in [0.1, 0.15) is 46.0 Å². The zero-order valence-electron chi connectivity index (χ0n) is 8.08. The van der Waals surface area contributed by atoms with Gasteiger partial charge < -0.3 is 10.2 Å². The molecule has 0 aromatic heterocycles. The lowest BCUT2D eigenvalue weighted by Crippen LogP contribution is -2.46. The highest BCUT2D eigenvalue weighted by Gasteiger charge is 2.38. The Hall–Kier alpha value is -0.0800. The molecule has 0 saturated heterocycles. The Morgan fingerprint density at radius 1 is 1.50 bits per heavy atom. The van der Waals surface area contributed by atoms with Gasteiger partial charge in [-0.05, 0) is 31.6 Å². The van der Waals surface area contributed by atoms with E-state index in [0.29, 0.717) is 5.92 Å². The number of rotatable bonds is 2. The van der Waals surface area contributed by atoms with Gasteiger partial charge in [0.1, 0.15) is 0 Å². The maximum absolute atomic E-state index is 10.0. The molecule has 1 rings (SSSR count). The second kappa shape index (κ2) is 3.75. The summed E-state index contributed by atoms with van der Waals surface area (Å²) in [6.45, 7) is 4.18. The molecular formula is C10H20O2. The van der Waals surface area contributed by atoms with Crippen LogP contribution in [0.2, 0.25) is 0 Å². The van der Waals surface area contributed by atoms with E-state index in [1.54, 1.807) is 0 Å². The molecule has 0 amide bonds. The van der Waals surface area contributed by atoms with Crippen molar-refractivity contribution in [2.75, 3.05) is 0 Å². The fourth-order valence-corrected chi connectivity index (χ4v) is 2.11. The average Bonchev–Trinajstić information content (AvgIpc) is 1.99. The van der Waals surface area contributed by atoms with E-state index in [0.717, 1.165) is 32.1 Å². The van der Waals surface area contributed by atoms with Gasteiger partial charge in [-0.2, -0.15) is 0 Å². The quantitative estimate of drug-likeness (QED) is 0.665. The molecule has 0 heterocycles. The van der Waals surface area contributed by atoms with Crippen molar-refractivity contribution >= 4 is 0 Å². The van der Waals surface area contributed by atoms with Crippen LogP contribution in [0, 0.1) is 5.92 Å². The van der Waals surface area contributed by atoms with E-state index in [2.05, 4.69) is 6.92 Å². The van der Waals surface area contributed by atoms with Crippen molar-refractivity contribution in [1.82, 2.24) is 0 Å². The first-order valence-corrected chi connectivity index (χ1v) is 4.99. The van der Waals surface area contributed by atoms with E-state index in [4.69, 9.17) is 0 Å². The van der Waals surface area contributed by atoms with Crippen LogP contribution >= 0.6 is 0 Å². The molecule has 2 nitrogen and oxygen atoms in total. The summed E-state index contributed by atoms with van der Waals surface area (Å²) in [7, 11) is 0. The van der Waals surface area contributed by atoms with Crippen LogP contribution in [0.25, 0.3) is 0 Å². The maximum atomic E-state index is 10.0. The second-order valence-electron chi connectivity index (χ2n) is 4.25. The number of hydrogen-bond acceptors (Lipinski definition) is 2. The Bertz CT molecular complexity index is 147. The van der Waals surface area contributed by atoms with Crippen molar-refractivity contribution in [3.8, 4) is 0 Å². The Labute approximate surface area is 74.6 Å². The fraction of sp³-hybridized carbons (Fsp3) is 1.00. The molecule has 1 aliphatic carbocycles. The van der Waals surface area contributed by atoms with Crippen LogP contribution in [0.4, 0.5) is 0 Å². The van der Waals surface area contributed by atoms with Crippen LogP contribution in [-0.2, 0) is 0 Å². The molecule has 1 fully saturated rings. The molecule has 0 aromatic rings. The molecule has 2 heteroatoms. The standard InChI is InChI=1S/C10H20O2/c1-3-5-10(12)6-4-8(2)7-9(10)11/h8-9,11-12H,3-7H2,1-2H3/t8?,9-,10?/m0/s1.